The second-order valence-electron chi connectivity index (χ2n) is 5.01. The fraction of sp³-hybridized carbons (Fsp3) is 0.500. The molecule has 0 radical (unpaired) electrons. The van der Waals surface area contributed by atoms with Crippen LogP contribution in [0.4, 0.5) is 10.1 Å². The van der Waals surface area contributed by atoms with Gasteiger partial charge in [0.1, 0.15) is 5.82 Å². The van der Waals surface area contributed by atoms with Crippen LogP contribution in [0, 0.1) is 5.82 Å². The van der Waals surface area contributed by atoms with Gasteiger partial charge in [-0.15, -0.1) is 0 Å². The molecule has 1 atom stereocenters. The van der Waals surface area contributed by atoms with Crippen molar-refractivity contribution in [3.63, 3.8) is 0 Å². The first-order valence-electron chi connectivity index (χ1n) is 6.14. The van der Waals surface area contributed by atoms with Crippen molar-refractivity contribution >= 4 is 25.4 Å². The second-order valence-corrected chi connectivity index (χ2v) is 9.26. The smallest absolute Gasteiger partial charge is 0.175 e. The molecule has 20 heavy (non-hydrogen) atoms. The summed E-state index contributed by atoms with van der Waals surface area (Å²) in [5, 5.41) is 2.80. The molecule has 0 saturated carbocycles. The van der Waals surface area contributed by atoms with Crippen molar-refractivity contribution in [3.05, 3.63) is 24.0 Å². The van der Waals surface area contributed by atoms with E-state index in [0.29, 0.717) is 12.8 Å². The largest absolute Gasteiger partial charge is 0.379 e. The number of rotatable bonds is 3. The van der Waals surface area contributed by atoms with E-state index < -0.39 is 31.5 Å². The highest BCUT2D eigenvalue weighted by atomic mass is 32.2. The van der Waals surface area contributed by atoms with E-state index in [0.717, 1.165) is 12.3 Å². The summed E-state index contributed by atoms with van der Waals surface area (Å²) >= 11 is 0. The number of nitrogens with one attached hydrogen (secondary N) is 1. The SMILES string of the molecule is CS(=O)(=O)c1ccc(F)c(NC2CCCS(=O)(=O)C2)c1. The maximum Gasteiger partial charge on any atom is 0.175 e. The predicted molar refractivity (Wildman–Crippen MR) is 74.8 cm³/mol. The summed E-state index contributed by atoms with van der Waals surface area (Å²) in [6.07, 6.45) is 2.17. The van der Waals surface area contributed by atoms with Gasteiger partial charge in [-0.25, -0.2) is 21.2 Å². The van der Waals surface area contributed by atoms with Crippen LogP contribution < -0.4 is 5.32 Å². The molecule has 1 fully saturated rings. The molecule has 1 aliphatic rings. The molecule has 0 spiro atoms. The Labute approximate surface area is 118 Å². The van der Waals surface area contributed by atoms with Gasteiger partial charge in [-0.3, -0.25) is 0 Å². The average molecular weight is 321 g/mol. The molecule has 1 N–H and O–H groups in total. The van der Waals surface area contributed by atoms with E-state index in [1.54, 1.807) is 0 Å². The van der Waals surface area contributed by atoms with Gasteiger partial charge in [0, 0.05) is 12.3 Å². The molecule has 1 unspecified atom stereocenters. The number of hydrogen-bond acceptors (Lipinski definition) is 5. The third kappa shape index (κ3) is 3.69. The normalized spacial score (nSPS) is 22.4. The first-order chi connectivity index (χ1) is 9.17. The zero-order valence-corrected chi connectivity index (χ0v) is 12.6. The van der Waals surface area contributed by atoms with Crippen LogP contribution >= 0.6 is 0 Å². The molecule has 1 heterocycles. The molecule has 1 saturated heterocycles. The second kappa shape index (κ2) is 5.33. The lowest BCUT2D eigenvalue weighted by atomic mass is 10.1. The number of sulfone groups is 2. The van der Waals surface area contributed by atoms with Crippen molar-refractivity contribution < 1.29 is 21.2 Å². The maximum atomic E-state index is 13.7. The third-order valence-corrected chi connectivity index (χ3v) is 6.12. The highest BCUT2D eigenvalue weighted by molar-refractivity contribution is 7.91. The molecule has 0 bridgehead atoms. The van der Waals surface area contributed by atoms with Crippen LogP contribution in [0.5, 0.6) is 0 Å². The minimum atomic E-state index is -3.43. The lowest BCUT2D eigenvalue weighted by Gasteiger charge is -2.24. The summed E-state index contributed by atoms with van der Waals surface area (Å²) in [4.78, 5) is 0.0000616. The predicted octanol–water partition coefficient (Wildman–Crippen LogP) is 1.22. The topological polar surface area (TPSA) is 80.3 Å². The highest BCUT2D eigenvalue weighted by Gasteiger charge is 2.25. The molecular formula is C12H16FNO4S2. The van der Waals surface area contributed by atoms with E-state index in [1.807, 2.05) is 0 Å². The summed E-state index contributed by atoms with van der Waals surface area (Å²) < 4.78 is 59.7. The Morgan fingerprint density at radius 3 is 2.65 bits per heavy atom. The Balaban J connectivity index is 2.25. The van der Waals surface area contributed by atoms with Crippen LogP contribution in [0.2, 0.25) is 0 Å². The molecule has 5 nitrogen and oxygen atoms in total. The molecular weight excluding hydrogens is 305 g/mol. The van der Waals surface area contributed by atoms with E-state index in [2.05, 4.69) is 5.32 Å². The van der Waals surface area contributed by atoms with Crippen molar-refractivity contribution in [1.29, 1.82) is 0 Å². The number of halogens is 1. The molecule has 0 amide bonds. The van der Waals surface area contributed by atoms with Gasteiger partial charge in [0.05, 0.1) is 22.1 Å². The van der Waals surface area contributed by atoms with Gasteiger partial charge < -0.3 is 5.32 Å². The summed E-state index contributed by atoms with van der Waals surface area (Å²) in [5.74, 6) is -0.507. The fourth-order valence-corrected chi connectivity index (χ4v) is 4.49. The quantitative estimate of drug-likeness (QED) is 0.847. The monoisotopic (exact) mass is 321 g/mol. The fourth-order valence-electron chi connectivity index (χ4n) is 2.20. The van der Waals surface area contributed by atoms with Crippen molar-refractivity contribution in [1.82, 2.24) is 0 Å². The molecule has 1 aliphatic heterocycles. The van der Waals surface area contributed by atoms with Gasteiger partial charge in [0.15, 0.2) is 19.7 Å². The lowest BCUT2D eigenvalue weighted by molar-refractivity contribution is 0.558. The molecule has 0 aromatic heterocycles. The molecule has 1 aromatic carbocycles. The third-order valence-electron chi connectivity index (χ3n) is 3.19. The Morgan fingerprint density at radius 2 is 2.05 bits per heavy atom. The van der Waals surface area contributed by atoms with E-state index in [1.165, 1.54) is 12.1 Å². The van der Waals surface area contributed by atoms with Crippen molar-refractivity contribution in [2.75, 3.05) is 23.1 Å². The van der Waals surface area contributed by atoms with Gasteiger partial charge in [-0.2, -0.15) is 0 Å². The first kappa shape index (κ1) is 15.2. The van der Waals surface area contributed by atoms with Crippen LogP contribution in [-0.4, -0.2) is 40.6 Å². The van der Waals surface area contributed by atoms with E-state index in [-0.39, 0.29) is 22.1 Å². The Bertz CT molecular complexity index is 713. The maximum absolute atomic E-state index is 13.7. The first-order valence-corrected chi connectivity index (χ1v) is 9.85. The molecule has 2 rings (SSSR count). The summed E-state index contributed by atoms with van der Waals surface area (Å²) in [6.45, 7) is 0. The van der Waals surface area contributed by atoms with Gasteiger partial charge in [-0.1, -0.05) is 0 Å². The van der Waals surface area contributed by atoms with Crippen LogP contribution in [0.15, 0.2) is 23.1 Å². The van der Waals surface area contributed by atoms with E-state index >= 15 is 0 Å². The van der Waals surface area contributed by atoms with Crippen LogP contribution in [0.25, 0.3) is 0 Å². The minimum Gasteiger partial charge on any atom is -0.379 e. The van der Waals surface area contributed by atoms with Crippen molar-refractivity contribution in [2.24, 2.45) is 0 Å². The summed E-state index contributed by atoms with van der Waals surface area (Å²) in [7, 11) is -6.54. The van der Waals surface area contributed by atoms with Gasteiger partial charge in [-0.05, 0) is 31.0 Å². The number of benzene rings is 1. The molecule has 8 heteroatoms. The number of hydrogen-bond donors (Lipinski definition) is 1. The van der Waals surface area contributed by atoms with Crippen molar-refractivity contribution in [3.8, 4) is 0 Å². The van der Waals surface area contributed by atoms with Gasteiger partial charge >= 0.3 is 0 Å². The Kier molecular flexibility index (Phi) is 4.06. The zero-order chi connectivity index (χ0) is 15.0. The zero-order valence-electron chi connectivity index (χ0n) is 11.0. The molecule has 0 aliphatic carbocycles. The Morgan fingerprint density at radius 1 is 1.35 bits per heavy atom. The lowest BCUT2D eigenvalue weighted by Crippen LogP contribution is -2.35. The van der Waals surface area contributed by atoms with Crippen molar-refractivity contribution in [2.45, 2.75) is 23.8 Å². The van der Waals surface area contributed by atoms with Gasteiger partial charge in [0.25, 0.3) is 0 Å². The highest BCUT2D eigenvalue weighted by Crippen LogP contribution is 2.23. The van der Waals surface area contributed by atoms with Gasteiger partial charge in [0.2, 0.25) is 0 Å². The van der Waals surface area contributed by atoms with Crippen LogP contribution in [0.3, 0.4) is 0 Å². The average Bonchev–Trinajstić information content (AvgIpc) is 2.29. The van der Waals surface area contributed by atoms with E-state index in [9.17, 15) is 21.2 Å². The minimum absolute atomic E-state index is 0.0000616. The summed E-state index contributed by atoms with van der Waals surface area (Å²) in [6, 6.07) is 3.06. The molecule has 112 valence electrons. The van der Waals surface area contributed by atoms with Crippen LogP contribution in [-0.2, 0) is 19.7 Å². The van der Waals surface area contributed by atoms with E-state index in [4.69, 9.17) is 0 Å². The molecule has 1 aromatic rings. The summed E-state index contributed by atoms with van der Waals surface area (Å²) in [5.41, 5.74) is 0.0232. The Hall–Kier alpha value is -1.15. The standard InChI is InChI=1S/C12H16FNO4S2/c1-19(15,16)10-4-5-11(13)12(7-10)14-9-3-2-6-20(17,18)8-9/h4-5,7,9,14H,2-3,6,8H2,1H3. The number of anilines is 1. The van der Waals surface area contributed by atoms with Crippen LogP contribution in [0.1, 0.15) is 12.8 Å².